The topological polar surface area (TPSA) is 95.4 Å². The Morgan fingerprint density at radius 1 is 1.38 bits per heavy atom. The summed E-state index contributed by atoms with van der Waals surface area (Å²) in [4.78, 5) is 21.4. The molecule has 0 heterocycles. The summed E-state index contributed by atoms with van der Waals surface area (Å²) in [5.41, 5.74) is 9.24. The Balaban J connectivity index is 4.53. The van der Waals surface area contributed by atoms with Gasteiger partial charge in [0, 0.05) is 0 Å². The third-order valence-corrected chi connectivity index (χ3v) is 1.06. The molecule has 13 heavy (non-hydrogen) atoms. The lowest BCUT2D eigenvalue weighted by Crippen LogP contribution is -2.39. The van der Waals surface area contributed by atoms with Crippen molar-refractivity contribution in [3.8, 4) is 0 Å². The fourth-order valence-electron chi connectivity index (χ4n) is 0.579. The number of ether oxygens (including phenoxy) is 1. The summed E-state index contributed by atoms with van der Waals surface area (Å²) in [6.45, 7) is 5.03. The van der Waals surface area contributed by atoms with Crippen LogP contribution in [0.4, 0.5) is 0 Å². The van der Waals surface area contributed by atoms with Crippen LogP contribution in [0.25, 0.3) is 0 Å². The van der Waals surface area contributed by atoms with Gasteiger partial charge in [-0.3, -0.25) is 0 Å². The van der Waals surface area contributed by atoms with E-state index in [1.165, 1.54) is 5.94 Å². The number of carbonyl (C=O) groups excluding carboxylic acids is 2. The molecule has 0 aromatic heterocycles. The first-order valence-electron chi connectivity index (χ1n) is 3.77. The van der Waals surface area contributed by atoms with Crippen LogP contribution < -0.4 is 11.5 Å². The summed E-state index contributed by atoms with van der Waals surface area (Å²) in [7, 11) is 0. The van der Waals surface area contributed by atoms with Gasteiger partial charge in [0.25, 0.3) is 0 Å². The van der Waals surface area contributed by atoms with Crippen molar-refractivity contribution in [1.29, 1.82) is 0 Å². The van der Waals surface area contributed by atoms with Crippen LogP contribution >= 0.6 is 0 Å². The Labute approximate surface area is 76.7 Å². The van der Waals surface area contributed by atoms with Crippen molar-refractivity contribution in [2.45, 2.75) is 32.5 Å². The Hall–Kier alpha value is -1.16. The van der Waals surface area contributed by atoms with Gasteiger partial charge in [-0.2, -0.15) is 0 Å². The number of rotatable bonds is 2. The number of hydrogen-bond acceptors (Lipinski definition) is 5. The van der Waals surface area contributed by atoms with Crippen LogP contribution in [0.2, 0.25) is 0 Å². The van der Waals surface area contributed by atoms with Crippen molar-refractivity contribution >= 4 is 11.9 Å². The normalized spacial score (nSPS) is 10.9. The number of esters is 1. The molecule has 0 radical (unpaired) electrons. The Kier molecular flexibility index (Phi) is 3.81. The van der Waals surface area contributed by atoms with Crippen LogP contribution in [0.1, 0.15) is 20.8 Å². The van der Waals surface area contributed by atoms with Gasteiger partial charge in [0.15, 0.2) is 5.57 Å². The van der Waals surface area contributed by atoms with Gasteiger partial charge in [0.2, 0.25) is 0 Å². The van der Waals surface area contributed by atoms with Gasteiger partial charge in [-0.1, -0.05) is 0 Å². The van der Waals surface area contributed by atoms with Crippen molar-refractivity contribution < 1.29 is 14.3 Å². The maximum atomic E-state index is 11.1. The standard InChI is InChI=1S/C8H14N2O3/c1-8(2,3)13-7(12)5(4-11)6(9)10/h6H,9-10H2,1-3H3. The first-order valence-corrected chi connectivity index (χ1v) is 3.77. The summed E-state index contributed by atoms with van der Waals surface area (Å²) in [5.74, 6) is 0.544. The fourth-order valence-corrected chi connectivity index (χ4v) is 0.579. The zero-order chi connectivity index (χ0) is 10.6. The smallest absolute Gasteiger partial charge is 0.348 e. The molecule has 0 aliphatic carbocycles. The van der Waals surface area contributed by atoms with Crippen molar-refractivity contribution in [1.82, 2.24) is 0 Å². The van der Waals surface area contributed by atoms with Crippen LogP contribution in [0, 0.1) is 0 Å². The average molecular weight is 186 g/mol. The van der Waals surface area contributed by atoms with E-state index in [9.17, 15) is 9.59 Å². The van der Waals surface area contributed by atoms with E-state index in [-0.39, 0.29) is 5.57 Å². The molecule has 0 saturated heterocycles. The number of carbonyl (C=O) groups is 1. The maximum Gasteiger partial charge on any atom is 0.348 e. The molecular formula is C8H14N2O3. The highest BCUT2D eigenvalue weighted by molar-refractivity contribution is 5.98. The molecule has 0 unspecified atom stereocenters. The molecule has 0 saturated carbocycles. The van der Waals surface area contributed by atoms with Gasteiger partial charge in [0.05, 0.1) is 6.17 Å². The third-order valence-electron chi connectivity index (χ3n) is 1.06. The van der Waals surface area contributed by atoms with Gasteiger partial charge in [-0.15, -0.1) is 0 Å². The lowest BCUT2D eigenvalue weighted by atomic mass is 10.2. The second-order valence-corrected chi connectivity index (χ2v) is 3.54. The van der Waals surface area contributed by atoms with E-state index < -0.39 is 17.7 Å². The second-order valence-electron chi connectivity index (χ2n) is 3.54. The molecular weight excluding hydrogens is 172 g/mol. The van der Waals surface area contributed by atoms with Crippen molar-refractivity contribution in [2.24, 2.45) is 11.5 Å². The van der Waals surface area contributed by atoms with Crippen molar-refractivity contribution in [3.05, 3.63) is 5.57 Å². The first kappa shape index (κ1) is 11.8. The van der Waals surface area contributed by atoms with Crippen LogP contribution in [-0.4, -0.2) is 23.7 Å². The minimum atomic E-state index is -1.15. The zero-order valence-corrected chi connectivity index (χ0v) is 7.96. The molecule has 5 nitrogen and oxygen atoms in total. The number of hydrogen-bond donors (Lipinski definition) is 2. The Morgan fingerprint density at radius 3 is 2.08 bits per heavy atom. The molecule has 0 fully saturated rings. The molecule has 0 bridgehead atoms. The van der Waals surface area contributed by atoms with Crippen LogP contribution in [0.5, 0.6) is 0 Å². The summed E-state index contributed by atoms with van der Waals surface area (Å²) in [6.07, 6.45) is -1.15. The molecule has 0 spiro atoms. The molecule has 5 heteroatoms. The largest absolute Gasteiger partial charge is 0.456 e. The molecule has 0 aliphatic heterocycles. The molecule has 0 atom stereocenters. The highest BCUT2D eigenvalue weighted by Gasteiger charge is 2.23. The highest BCUT2D eigenvalue weighted by Crippen LogP contribution is 2.09. The van der Waals surface area contributed by atoms with Gasteiger partial charge >= 0.3 is 5.97 Å². The minimum Gasteiger partial charge on any atom is -0.456 e. The van der Waals surface area contributed by atoms with E-state index in [1.54, 1.807) is 20.8 Å². The summed E-state index contributed by atoms with van der Waals surface area (Å²) >= 11 is 0. The van der Waals surface area contributed by atoms with E-state index in [4.69, 9.17) is 16.2 Å². The maximum absolute atomic E-state index is 11.1. The lowest BCUT2D eigenvalue weighted by molar-refractivity contribution is -0.150. The quantitative estimate of drug-likeness (QED) is 0.258. The summed E-state index contributed by atoms with van der Waals surface area (Å²) < 4.78 is 4.85. The summed E-state index contributed by atoms with van der Waals surface area (Å²) in [6, 6.07) is 0. The Bertz CT molecular complexity index is 247. The van der Waals surface area contributed by atoms with Crippen molar-refractivity contribution in [2.75, 3.05) is 0 Å². The molecule has 0 aliphatic rings. The highest BCUT2D eigenvalue weighted by atomic mass is 16.6. The third kappa shape index (κ3) is 4.42. The molecule has 4 N–H and O–H groups in total. The van der Waals surface area contributed by atoms with E-state index in [2.05, 4.69) is 0 Å². The van der Waals surface area contributed by atoms with Gasteiger partial charge in [-0.25, -0.2) is 9.59 Å². The molecule has 0 amide bonds. The summed E-state index contributed by atoms with van der Waals surface area (Å²) in [5, 5.41) is 0. The predicted molar refractivity (Wildman–Crippen MR) is 47.2 cm³/mol. The van der Waals surface area contributed by atoms with Crippen LogP contribution in [0.3, 0.4) is 0 Å². The predicted octanol–water partition coefficient (Wildman–Crippen LogP) is -0.670. The first-order chi connectivity index (χ1) is 5.78. The van der Waals surface area contributed by atoms with E-state index in [0.29, 0.717) is 0 Å². The monoisotopic (exact) mass is 186 g/mol. The minimum absolute atomic E-state index is 0.380. The van der Waals surface area contributed by atoms with E-state index in [0.717, 1.165) is 0 Å². The SMILES string of the molecule is CC(C)(C)OC(=O)C(=C=O)C(N)N. The Morgan fingerprint density at radius 2 is 1.85 bits per heavy atom. The fraction of sp³-hybridized carbons (Fsp3) is 0.625. The van der Waals surface area contributed by atoms with E-state index >= 15 is 0 Å². The van der Waals surface area contributed by atoms with Gasteiger partial charge in [0.1, 0.15) is 11.5 Å². The molecule has 0 aromatic rings. The zero-order valence-electron chi connectivity index (χ0n) is 7.96. The van der Waals surface area contributed by atoms with Gasteiger partial charge in [-0.05, 0) is 20.8 Å². The average Bonchev–Trinajstić information content (AvgIpc) is 1.82. The second kappa shape index (κ2) is 4.18. The van der Waals surface area contributed by atoms with Crippen LogP contribution in [-0.2, 0) is 14.3 Å². The van der Waals surface area contributed by atoms with Gasteiger partial charge < -0.3 is 16.2 Å². The molecule has 0 aromatic carbocycles. The molecule has 74 valence electrons. The van der Waals surface area contributed by atoms with Crippen molar-refractivity contribution in [3.63, 3.8) is 0 Å². The van der Waals surface area contributed by atoms with E-state index in [1.807, 2.05) is 0 Å². The lowest BCUT2D eigenvalue weighted by Gasteiger charge is -2.20. The molecule has 0 rings (SSSR count). The van der Waals surface area contributed by atoms with Crippen LogP contribution in [0.15, 0.2) is 5.57 Å². The number of nitrogens with two attached hydrogens (primary N) is 2.